The molecule has 0 aromatic heterocycles. The van der Waals surface area contributed by atoms with Gasteiger partial charge in [-0.2, -0.15) is 0 Å². The highest BCUT2D eigenvalue weighted by atomic mass is 16.5. The number of hydrogen-bond donors (Lipinski definition) is 0. The van der Waals surface area contributed by atoms with Gasteiger partial charge in [-0.25, -0.2) is 4.79 Å². The van der Waals surface area contributed by atoms with Gasteiger partial charge in [0.05, 0.1) is 5.56 Å². The van der Waals surface area contributed by atoms with Crippen LogP contribution in [0.5, 0.6) is 0 Å². The maximum absolute atomic E-state index is 12.9. The van der Waals surface area contributed by atoms with E-state index in [4.69, 9.17) is 4.74 Å². The topological polar surface area (TPSA) is 46.6 Å². The molecule has 0 unspecified atom stereocenters. The van der Waals surface area contributed by atoms with Crippen molar-refractivity contribution in [3.63, 3.8) is 0 Å². The van der Waals surface area contributed by atoms with E-state index in [0.29, 0.717) is 11.5 Å². The smallest absolute Gasteiger partial charge is 0.338 e. The van der Waals surface area contributed by atoms with Crippen molar-refractivity contribution in [3.05, 3.63) is 70.8 Å². The molecular weight excluding hydrogens is 410 g/mol. The van der Waals surface area contributed by atoms with E-state index in [1.165, 1.54) is 5.56 Å². The Morgan fingerprint density at radius 3 is 1.94 bits per heavy atom. The van der Waals surface area contributed by atoms with E-state index < -0.39 is 5.97 Å². The molecule has 1 aliphatic rings. The Bertz CT molecular complexity index is 926. The van der Waals surface area contributed by atoms with E-state index >= 15 is 0 Å². The lowest BCUT2D eigenvalue weighted by molar-refractivity contribution is -0.135. The summed E-state index contributed by atoms with van der Waals surface area (Å²) in [4.78, 5) is 27.4. The Balaban J connectivity index is 1.57. The Hall–Kier alpha value is -2.62. The second kappa shape index (κ2) is 10.1. The number of piperidine rings is 1. The third-order valence-electron chi connectivity index (χ3n) is 6.56. The standard InChI is InChI=1S/C29H39NO3/c1-28(2,3)24-17-23(18-25(19-24)29(4,5)6)27(32)33-20-26(31)30-14-12-22(13-15-30)16-21-10-8-7-9-11-21/h7-11,17-19,22H,12-16,20H2,1-6H3. The first-order valence-electron chi connectivity index (χ1n) is 12.1. The molecule has 0 N–H and O–H groups in total. The van der Waals surface area contributed by atoms with Crippen LogP contribution in [0, 0.1) is 5.92 Å². The zero-order valence-electron chi connectivity index (χ0n) is 21.1. The first-order valence-corrected chi connectivity index (χ1v) is 12.1. The fourth-order valence-electron chi connectivity index (χ4n) is 4.25. The minimum Gasteiger partial charge on any atom is -0.452 e. The van der Waals surface area contributed by atoms with Crippen molar-refractivity contribution in [2.75, 3.05) is 19.7 Å². The zero-order chi connectivity index (χ0) is 24.2. The molecule has 0 saturated carbocycles. The highest BCUT2D eigenvalue weighted by Crippen LogP contribution is 2.30. The average molecular weight is 450 g/mol. The van der Waals surface area contributed by atoms with Crippen LogP contribution >= 0.6 is 0 Å². The lowest BCUT2D eigenvalue weighted by Crippen LogP contribution is -2.41. The second-order valence-electron chi connectivity index (χ2n) is 11.4. The lowest BCUT2D eigenvalue weighted by Gasteiger charge is -2.32. The molecule has 1 aliphatic heterocycles. The first kappa shape index (κ1) is 25.0. The van der Waals surface area contributed by atoms with Gasteiger partial charge >= 0.3 is 5.97 Å². The minimum atomic E-state index is -0.432. The summed E-state index contributed by atoms with van der Waals surface area (Å²) in [6.45, 7) is 14.0. The third kappa shape index (κ3) is 6.93. The molecule has 2 aromatic rings. The third-order valence-corrected chi connectivity index (χ3v) is 6.56. The first-order chi connectivity index (χ1) is 15.4. The number of rotatable bonds is 5. The highest BCUT2D eigenvalue weighted by molar-refractivity contribution is 5.92. The molecule has 4 nitrogen and oxygen atoms in total. The van der Waals surface area contributed by atoms with Crippen LogP contribution in [-0.4, -0.2) is 36.5 Å². The van der Waals surface area contributed by atoms with Crippen molar-refractivity contribution >= 4 is 11.9 Å². The maximum Gasteiger partial charge on any atom is 0.338 e. The van der Waals surface area contributed by atoms with Gasteiger partial charge in [0.15, 0.2) is 6.61 Å². The lowest BCUT2D eigenvalue weighted by atomic mass is 9.79. The zero-order valence-corrected chi connectivity index (χ0v) is 21.1. The Labute approximate surface area is 199 Å². The summed E-state index contributed by atoms with van der Waals surface area (Å²) in [6.07, 6.45) is 3.02. The minimum absolute atomic E-state index is 0.0871. The van der Waals surface area contributed by atoms with Crippen molar-refractivity contribution in [2.24, 2.45) is 5.92 Å². The Morgan fingerprint density at radius 2 is 1.42 bits per heavy atom. The number of hydrogen-bond acceptors (Lipinski definition) is 3. The monoisotopic (exact) mass is 449 g/mol. The summed E-state index contributed by atoms with van der Waals surface area (Å²) in [7, 11) is 0. The van der Waals surface area contributed by atoms with Crippen molar-refractivity contribution < 1.29 is 14.3 Å². The van der Waals surface area contributed by atoms with Crippen molar-refractivity contribution in [3.8, 4) is 0 Å². The predicted octanol–water partition coefficient (Wildman–Crippen LogP) is 5.92. The van der Waals surface area contributed by atoms with E-state index in [1.807, 2.05) is 23.1 Å². The molecular formula is C29H39NO3. The summed E-state index contributed by atoms with van der Waals surface area (Å²) < 4.78 is 5.47. The molecule has 1 fully saturated rings. The van der Waals surface area contributed by atoms with Gasteiger partial charge < -0.3 is 9.64 Å². The van der Waals surface area contributed by atoms with Crippen LogP contribution in [0.25, 0.3) is 0 Å². The van der Waals surface area contributed by atoms with Crippen LogP contribution in [0.1, 0.15) is 81.4 Å². The molecule has 0 radical (unpaired) electrons. The van der Waals surface area contributed by atoms with Gasteiger partial charge in [-0.1, -0.05) is 77.9 Å². The highest BCUT2D eigenvalue weighted by Gasteiger charge is 2.25. The molecule has 178 valence electrons. The van der Waals surface area contributed by atoms with Crippen molar-refractivity contribution in [1.82, 2.24) is 4.90 Å². The molecule has 0 atom stereocenters. The molecule has 0 spiro atoms. The van der Waals surface area contributed by atoms with Gasteiger partial charge in [-0.3, -0.25) is 4.79 Å². The van der Waals surface area contributed by atoms with Gasteiger partial charge in [0.25, 0.3) is 5.91 Å². The Morgan fingerprint density at radius 1 is 0.879 bits per heavy atom. The normalized spacial score (nSPS) is 15.4. The van der Waals surface area contributed by atoms with Gasteiger partial charge in [-0.15, -0.1) is 0 Å². The molecule has 2 aromatic carbocycles. The van der Waals surface area contributed by atoms with Gasteiger partial charge in [0.1, 0.15) is 0 Å². The van der Waals surface area contributed by atoms with Crippen LogP contribution < -0.4 is 0 Å². The van der Waals surface area contributed by atoms with E-state index in [-0.39, 0.29) is 23.3 Å². The largest absolute Gasteiger partial charge is 0.452 e. The average Bonchev–Trinajstić information content (AvgIpc) is 2.77. The van der Waals surface area contributed by atoms with Crippen LogP contribution in [0.2, 0.25) is 0 Å². The predicted molar refractivity (Wildman–Crippen MR) is 134 cm³/mol. The number of amides is 1. The van der Waals surface area contributed by atoms with E-state index in [9.17, 15) is 9.59 Å². The molecule has 3 rings (SSSR count). The van der Waals surface area contributed by atoms with Gasteiger partial charge in [0.2, 0.25) is 0 Å². The van der Waals surface area contributed by atoms with Crippen LogP contribution in [0.3, 0.4) is 0 Å². The second-order valence-corrected chi connectivity index (χ2v) is 11.4. The molecule has 1 saturated heterocycles. The molecule has 4 heteroatoms. The number of esters is 1. The van der Waals surface area contributed by atoms with Crippen molar-refractivity contribution in [2.45, 2.75) is 71.6 Å². The van der Waals surface area contributed by atoms with E-state index in [0.717, 1.165) is 43.5 Å². The number of carbonyl (C=O) groups is 2. The molecule has 33 heavy (non-hydrogen) atoms. The maximum atomic E-state index is 12.9. The summed E-state index contributed by atoms with van der Waals surface area (Å²) in [6, 6.07) is 16.5. The van der Waals surface area contributed by atoms with Crippen LogP contribution in [0.4, 0.5) is 0 Å². The van der Waals surface area contributed by atoms with E-state index in [2.05, 4.69) is 71.9 Å². The summed E-state index contributed by atoms with van der Waals surface area (Å²) in [5.74, 6) is 0.0541. The number of likely N-dealkylation sites (tertiary alicyclic amines) is 1. The fraction of sp³-hybridized carbons (Fsp3) is 0.517. The number of nitrogens with zero attached hydrogens (tertiary/aromatic N) is 1. The number of benzene rings is 2. The SMILES string of the molecule is CC(C)(C)c1cc(C(=O)OCC(=O)N2CCC(Cc3ccccc3)CC2)cc(C(C)(C)C)c1. The van der Waals surface area contributed by atoms with E-state index in [1.54, 1.807) is 0 Å². The molecule has 1 heterocycles. The summed E-state index contributed by atoms with van der Waals surface area (Å²) in [5.41, 5.74) is 3.87. The molecule has 1 amide bonds. The molecule has 0 bridgehead atoms. The van der Waals surface area contributed by atoms with Crippen molar-refractivity contribution in [1.29, 1.82) is 0 Å². The quantitative estimate of drug-likeness (QED) is 0.532. The summed E-state index contributed by atoms with van der Waals surface area (Å²) >= 11 is 0. The fourth-order valence-corrected chi connectivity index (χ4v) is 4.25. The van der Waals surface area contributed by atoms with Gasteiger partial charge in [0, 0.05) is 13.1 Å². The van der Waals surface area contributed by atoms with Crippen LogP contribution in [0.15, 0.2) is 48.5 Å². The van der Waals surface area contributed by atoms with Gasteiger partial charge in [-0.05, 0) is 64.8 Å². The molecule has 0 aliphatic carbocycles. The summed E-state index contributed by atoms with van der Waals surface area (Å²) in [5, 5.41) is 0. The number of ether oxygens (including phenoxy) is 1. The Kier molecular flexibility index (Phi) is 7.66. The number of carbonyl (C=O) groups excluding carboxylic acids is 2. The van der Waals surface area contributed by atoms with Crippen LogP contribution in [-0.2, 0) is 26.8 Å².